The number of benzene rings is 2. The molecule has 0 aliphatic rings. The van der Waals surface area contributed by atoms with Crippen molar-refractivity contribution in [3.8, 4) is 0 Å². The fourth-order valence-electron chi connectivity index (χ4n) is 2.55. The van der Waals surface area contributed by atoms with E-state index in [1.165, 1.54) is 0 Å². The fraction of sp³-hybridized carbons (Fsp3) is 0.263. The lowest BCUT2D eigenvalue weighted by Crippen LogP contribution is -2.51. The van der Waals surface area contributed by atoms with Gasteiger partial charge >= 0.3 is 5.97 Å². The molecule has 2 N–H and O–H groups in total. The summed E-state index contributed by atoms with van der Waals surface area (Å²) in [6.07, 6.45) is 0.375. The fourth-order valence-corrected chi connectivity index (χ4v) is 2.82. The Hall–Kier alpha value is -2.28. The van der Waals surface area contributed by atoms with Crippen molar-refractivity contribution >= 4 is 27.8 Å². The molecule has 0 aliphatic heterocycles. The van der Waals surface area contributed by atoms with Crippen LogP contribution in [0.2, 0.25) is 0 Å². The number of hydrogen-bond acceptors (Lipinski definition) is 2. The second-order valence-corrected chi connectivity index (χ2v) is 7.19. The molecule has 26 heavy (non-hydrogen) atoms. The maximum Gasteiger partial charge on any atom is 0.333 e. The highest BCUT2D eigenvalue weighted by Crippen LogP contribution is 2.26. The zero-order chi connectivity index (χ0) is 19.5. The van der Waals surface area contributed by atoms with E-state index in [9.17, 15) is 23.5 Å². The molecule has 0 bridgehead atoms. The summed E-state index contributed by atoms with van der Waals surface area (Å²) in [5.41, 5.74) is -1.63. The van der Waals surface area contributed by atoms with Crippen LogP contribution in [0.4, 0.5) is 8.78 Å². The van der Waals surface area contributed by atoms with Crippen molar-refractivity contribution in [2.24, 2.45) is 5.92 Å². The van der Waals surface area contributed by atoms with E-state index in [4.69, 9.17) is 0 Å². The van der Waals surface area contributed by atoms with Crippen LogP contribution in [0.3, 0.4) is 0 Å². The number of hydrogen-bond donors (Lipinski definition) is 2. The largest absolute Gasteiger partial charge is 0.479 e. The second kappa shape index (κ2) is 7.95. The Labute approximate surface area is 158 Å². The van der Waals surface area contributed by atoms with Gasteiger partial charge in [-0.25, -0.2) is 13.6 Å². The molecule has 0 saturated carbocycles. The van der Waals surface area contributed by atoms with Crippen molar-refractivity contribution in [2.75, 3.05) is 0 Å². The van der Waals surface area contributed by atoms with Crippen molar-refractivity contribution in [1.29, 1.82) is 0 Å². The maximum atomic E-state index is 14.1. The normalized spacial score (nSPS) is 14.3. The second-order valence-electron chi connectivity index (χ2n) is 6.28. The number of carbonyl (C=O) groups is 2. The summed E-state index contributed by atoms with van der Waals surface area (Å²) < 4.78 is 28.5. The van der Waals surface area contributed by atoms with Gasteiger partial charge < -0.3 is 10.4 Å². The lowest BCUT2D eigenvalue weighted by atomic mass is 9.90. The molecule has 2 unspecified atom stereocenters. The van der Waals surface area contributed by atoms with Crippen LogP contribution in [-0.2, 0) is 21.5 Å². The van der Waals surface area contributed by atoms with E-state index in [2.05, 4.69) is 21.2 Å². The number of carboxylic acid groups (broad SMARTS) is 1. The first-order valence-corrected chi connectivity index (χ1v) is 8.68. The summed E-state index contributed by atoms with van der Waals surface area (Å²) in [4.78, 5) is 24.2. The highest BCUT2D eigenvalue weighted by atomic mass is 79.9. The Morgan fingerprint density at radius 1 is 1.19 bits per heavy atom. The summed E-state index contributed by atoms with van der Waals surface area (Å²) >= 11 is 3.32. The molecule has 0 heterocycles. The Morgan fingerprint density at radius 2 is 1.81 bits per heavy atom. The number of nitrogens with one attached hydrogen (secondary N) is 1. The third-order valence-electron chi connectivity index (χ3n) is 4.17. The molecule has 0 saturated heterocycles. The van der Waals surface area contributed by atoms with Gasteiger partial charge in [-0.1, -0.05) is 35.0 Å². The lowest BCUT2D eigenvalue weighted by Gasteiger charge is -2.28. The van der Waals surface area contributed by atoms with Gasteiger partial charge in [-0.2, -0.15) is 0 Å². The number of carbonyl (C=O) groups excluding carboxylic acids is 1. The first-order chi connectivity index (χ1) is 12.1. The Kier molecular flexibility index (Phi) is 6.13. The summed E-state index contributed by atoms with van der Waals surface area (Å²) in [7, 11) is 0. The van der Waals surface area contributed by atoms with E-state index < -0.39 is 40.5 Å². The molecule has 2 aromatic rings. The number of aliphatic carboxylic acids is 1. The molecule has 7 heteroatoms. The van der Waals surface area contributed by atoms with E-state index in [0.717, 1.165) is 35.2 Å². The third kappa shape index (κ3) is 4.46. The average Bonchev–Trinajstić information content (AvgIpc) is 2.58. The highest BCUT2D eigenvalue weighted by molar-refractivity contribution is 9.10. The van der Waals surface area contributed by atoms with Crippen LogP contribution < -0.4 is 5.32 Å². The molecule has 0 spiro atoms. The van der Waals surface area contributed by atoms with Gasteiger partial charge in [-0.3, -0.25) is 4.79 Å². The molecule has 2 aromatic carbocycles. The van der Waals surface area contributed by atoms with E-state index in [-0.39, 0.29) is 0 Å². The zero-order valence-electron chi connectivity index (χ0n) is 14.2. The van der Waals surface area contributed by atoms with Gasteiger partial charge in [0.2, 0.25) is 5.91 Å². The molecule has 0 radical (unpaired) electrons. The quantitative estimate of drug-likeness (QED) is 0.734. The van der Waals surface area contributed by atoms with E-state index in [1.54, 1.807) is 6.92 Å². The van der Waals surface area contributed by atoms with Gasteiger partial charge in [-0.15, -0.1) is 0 Å². The molecular weight excluding hydrogens is 408 g/mol. The van der Waals surface area contributed by atoms with Crippen LogP contribution in [0.25, 0.3) is 0 Å². The number of halogens is 3. The third-order valence-corrected chi connectivity index (χ3v) is 4.70. The van der Waals surface area contributed by atoms with Crippen molar-refractivity contribution < 1.29 is 23.5 Å². The predicted molar refractivity (Wildman–Crippen MR) is 96.5 cm³/mol. The minimum absolute atomic E-state index is 0.375. The number of carboxylic acids is 1. The molecule has 2 atom stereocenters. The van der Waals surface area contributed by atoms with Gasteiger partial charge in [0, 0.05) is 16.0 Å². The smallest absolute Gasteiger partial charge is 0.333 e. The van der Waals surface area contributed by atoms with Crippen molar-refractivity contribution in [3.05, 3.63) is 69.7 Å². The summed E-state index contributed by atoms with van der Waals surface area (Å²) in [5, 5.41) is 11.9. The van der Waals surface area contributed by atoms with Gasteiger partial charge in [0.25, 0.3) is 0 Å². The minimum atomic E-state index is -2.09. The Balaban J connectivity index is 2.23. The lowest BCUT2D eigenvalue weighted by molar-refractivity contribution is -0.148. The predicted octanol–water partition coefficient (Wildman–Crippen LogP) is 4.02. The van der Waals surface area contributed by atoms with Crippen LogP contribution >= 0.6 is 15.9 Å². The number of rotatable bonds is 6. The SMILES string of the molecule is CC(Cc1ccc(Br)cc1)C(=O)NC(C)(C(=O)O)c1cc(F)ccc1F. The molecule has 1 amide bonds. The molecule has 0 aliphatic carbocycles. The first kappa shape index (κ1) is 20.0. The van der Waals surface area contributed by atoms with Crippen molar-refractivity contribution in [2.45, 2.75) is 25.8 Å². The maximum absolute atomic E-state index is 14.1. The van der Waals surface area contributed by atoms with Crippen LogP contribution in [0.5, 0.6) is 0 Å². The van der Waals surface area contributed by atoms with Crippen LogP contribution in [0.15, 0.2) is 46.9 Å². The summed E-state index contributed by atoms with van der Waals surface area (Å²) in [6.45, 7) is 2.78. The van der Waals surface area contributed by atoms with Gasteiger partial charge in [0.1, 0.15) is 11.6 Å². The molecule has 138 valence electrons. The highest BCUT2D eigenvalue weighted by Gasteiger charge is 2.40. The summed E-state index contributed by atoms with van der Waals surface area (Å²) in [5.74, 6) is -4.30. The molecule has 4 nitrogen and oxygen atoms in total. The molecule has 0 fully saturated rings. The van der Waals surface area contributed by atoms with Gasteiger partial charge in [0.15, 0.2) is 5.54 Å². The Bertz CT molecular complexity index is 826. The van der Waals surface area contributed by atoms with Gasteiger partial charge in [0.05, 0.1) is 0 Å². The van der Waals surface area contributed by atoms with Crippen LogP contribution in [0, 0.1) is 17.6 Å². The van der Waals surface area contributed by atoms with E-state index >= 15 is 0 Å². The summed E-state index contributed by atoms with van der Waals surface area (Å²) in [6, 6.07) is 9.87. The Morgan fingerprint density at radius 3 is 2.38 bits per heavy atom. The van der Waals surface area contributed by atoms with Gasteiger partial charge in [-0.05, 0) is 49.2 Å². The zero-order valence-corrected chi connectivity index (χ0v) is 15.8. The monoisotopic (exact) mass is 425 g/mol. The van der Waals surface area contributed by atoms with Crippen LogP contribution in [0.1, 0.15) is 25.0 Å². The minimum Gasteiger partial charge on any atom is -0.479 e. The first-order valence-electron chi connectivity index (χ1n) is 7.89. The van der Waals surface area contributed by atoms with Crippen molar-refractivity contribution in [3.63, 3.8) is 0 Å². The number of amides is 1. The topological polar surface area (TPSA) is 66.4 Å². The van der Waals surface area contributed by atoms with E-state index in [0.29, 0.717) is 6.42 Å². The van der Waals surface area contributed by atoms with Crippen LogP contribution in [-0.4, -0.2) is 17.0 Å². The van der Waals surface area contributed by atoms with E-state index in [1.807, 2.05) is 24.3 Å². The molecule has 2 rings (SSSR count). The standard InChI is InChI=1S/C19H18BrF2NO3/c1-11(9-12-3-5-13(20)6-4-12)17(24)23-19(2,18(25)26)15-10-14(21)7-8-16(15)22/h3-8,10-11H,9H2,1-2H3,(H,23,24)(H,25,26). The van der Waals surface area contributed by atoms with Crippen molar-refractivity contribution in [1.82, 2.24) is 5.32 Å². The molecular formula is C19H18BrF2NO3. The average molecular weight is 426 g/mol. The molecule has 0 aromatic heterocycles.